The quantitative estimate of drug-likeness (QED) is 0.0733. The molecule has 0 saturated carbocycles. The molecule has 8 rings (SSSR count). The minimum absolute atomic E-state index is 0.0752. The van der Waals surface area contributed by atoms with Crippen molar-refractivity contribution < 1.29 is 29.0 Å². The fraction of sp³-hybridized carbons (Fsp3) is 0.217. The van der Waals surface area contributed by atoms with Crippen LogP contribution < -0.4 is 5.43 Å². The molecule has 8 aromatic rings. The monoisotopic (exact) mass is 932 g/mol. The number of carbonyl (C=O) groups excluding carboxylic acids is 4. The molecule has 7 aromatic carbocycles. The van der Waals surface area contributed by atoms with Crippen LogP contribution in [-0.2, 0) is 9.78 Å². The molecule has 0 unspecified atom stereocenters. The number of hydrogen-bond acceptors (Lipinski definition) is 8. The van der Waals surface area contributed by atoms with Crippen molar-refractivity contribution in [3.05, 3.63) is 238 Å². The van der Waals surface area contributed by atoms with Gasteiger partial charge in [-0.25, -0.2) is 19.4 Å². The average Bonchev–Trinajstić information content (AvgIpc) is 3.41. The molecule has 0 atom stereocenters. The van der Waals surface area contributed by atoms with E-state index in [9.17, 15) is 24.0 Å². The molecular formula is C60H68O7S. The smallest absolute Gasteiger partial charge is 0.294 e. The highest BCUT2D eigenvalue weighted by Crippen LogP contribution is 2.25. The summed E-state index contributed by atoms with van der Waals surface area (Å²) in [6.07, 6.45) is 0. The zero-order valence-corrected chi connectivity index (χ0v) is 42.6. The lowest BCUT2D eigenvalue weighted by molar-refractivity contribution is -0.187. The van der Waals surface area contributed by atoms with Gasteiger partial charge in [0.15, 0.2) is 17.0 Å². The molecule has 0 bridgehead atoms. The van der Waals surface area contributed by atoms with Crippen LogP contribution in [0.5, 0.6) is 0 Å². The average molecular weight is 933 g/mol. The summed E-state index contributed by atoms with van der Waals surface area (Å²) in [6.45, 7) is 23.8. The first kappa shape index (κ1) is 58.7. The Kier molecular flexibility index (Phi) is 28.7. The summed E-state index contributed by atoms with van der Waals surface area (Å²) in [7, 11) is 0. The van der Waals surface area contributed by atoms with Crippen LogP contribution in [0, 0.1) is 12.3 Å². The van der Waals surface area contributed by atoms with Gasteiger partial charge in [-0.05, 0) is 55.5 Å². The molecule has 0 aliphatic heterocycles. The molecule has 1 heterocycles. The second-order valence-corrected chi connectivity index (χ2v) is 15.5. The number of Topliss-reactive ketones (excluding diaryl/α,β-unsaturated/α-hetero) is 1. The number of fused-ring (bicyclic) bond motifs is 2. The van der Waals surface area contributed by atoms with Crippen LogP contribution in [0.15, 0.2) is 199 Å². The molecule has 0 fully saturated rings. The van der Waals surface area contributed by atoms with Crippen LogP contribution in [0.1, 0.15) is 129 Å². The van der Waals surface area contributed by atoms with Crippen molar-refractivity contribution in [3.8, 4) is 0 Å². The second-order valence-electron chi connectivity index (χ2n) is 14.4. The fourth-order valence-corrected chi connectivity index (χ4v) is 6.66. The fourth-order valence-electron chi connectivity index (χ4n) is 5.61. The number of aryl methyl sites for hydroxylation is 1. The second kappa shape index (κ2) is 33.2. The zero-order chi connectivity index (χ0) is 50.9. The van der Waals surface area contributed by atoms with Gasteiger partial charge < -0.3 is 0 Å². The van der Waals surface area contributed by atoms with E-state index in [1.165, 1.54) is 0 Å². The van der Waals surface area contributed by atoms with Crippen LogP contribution in [-0.4, -0.2) is 23.5 Å². The van der Waals surface area contributed by atoms with Crippen LogP contribution in [0.2, 0.25) is 0 Å². The molecule has 0 saturated heterocycles. The molecule has 68 heavy (non-hydrogen) atoms. The number of benzene rings is 7. The summed E-state index contributed by atoms with van der Waals surface area (Å²) >= 11 is 1.67. The molecule has 0 aliphatic rings. The Balaban J connectivity index is 0.000000435. The van der Waals surface area contributed by atoms with Gasteiger partial charge in [-0.2, -0.15) is 0 Å². The molecule has 0 N–H and O–H groups in total. The third kappa shape index (κ3) is 19.7. The van der Waals surface area contributed by atoms with Crippen molar-refractivity contribution in [2.24, 2.45) is 5.41 Å². The highest BCUT2D eigenvalue weighted by atomic mass is 32.1. The minimum Gasteiger partial charge on any atom is -0.294 e. The van der Waals surface area contributed by atoms with E-state index < -0.39 is 11.9 Å². The minimum atomic E-state index is -0.708. The maximum Gasteiger partial charge on any atom is 0.386 e. The molecule has 0 aliphatic carbocycles. The largest absolute Gasteiger partial charge is 0.386 e. The van der Waals surface area contributed by atoms with Gasteiger partial charge in [-0.3, -0.25) is 14.4 Å². The maximum atomic E-state index is 12.2. The molecule has 0 spiro atoms. The zero-order valence-electron chi connectivity index (χ0n) is 41.7. The lowest BCUT2D eigenvalue weighted by Crippen LogP contribution is -2.19. The first-order chi connectivity index (χ1) is 32.9. The van der Waals surface area contributed by atoms with Crippen LogP contribution in [0.3, 0.4) is 0 Å². The van der Waals surface area contributed by atoms with Crippen LogP contribution in [0.4, 0.5) is 0 Å². The number of hydrogen-bond donors (Lipinski definition) is 0. The van der Waals surface area contributed by atoms with E-state index in [4.69, 9.17) is 0 Å². The molecular weight excluding hydrogens is 865 g/mol. The Hall–Kier alpha value is -7.29. The normalized spacial score (nSPS) is 9.47. The lowest BCUT2D eigenvalue weighted by atomic mass is 9.87. The number of carbonyl (C=O) groups is 4. The van der Waals surface area contributed by atoms with Crippen molar-refractivity contribution >= 4 is 55.0 Å². The number of ketones is 2. The highest BCUT2D eigenvalue weighted by Gasteiger charge is 2.22. The SMILES string of the molecule is CC.CC.CC.CC.CC(C)(C)C(=O)c1ccccc1.Cc1ccc2sc3ccccc3c(=O)c2c1.O=C(OOC(=O)c1ccccc1)c1ccccc1.O=C(c1ccccc1)c1ccccc1. The van der Waals surface area contributed by atoms with Gasteiger partial charge in [0.1, 0.15) is 0 Å². The molecule has 0 radical (unpaired) electrons. The van der Waals surface area contributed by atoms with E-state index in [1.807, 2.05) is 217 Å². The molecule has 1 aromatic heterocycles. The van der Waals surface area contributed by atoms with Gasteiger partial charge in [0.2, 0.25) is 0 Å². The summed E-state index contributed by atoms with van der Waals surface area (Å²) in [4.78, 5) is 67.6. The van der Waals surface area contributed by atoms with Crippen molar-refractivity contribution in [2.75, 3.05) is 0 Å². The third-order valence-corrected chi connectivity index (χ3v) is 9.88. The van der Waals surface area contributed by atoms with Crippen LogP contribution >= 0.6 is 11.3 Å². The Morgan fingerprint density at radius 3 is 1.10 bits per heavy atom. The topological polar surface area (TPSA) is 104 Å². The predicted molar refractivity (Wildman–Crippen MR) is 286 cm³/mol. The summed E-state index contributed by atoms with van der Waals surface area (Å²) in [5, 5.41) is 1.66. The lowest BCUT2D eigenvalue weighted by Gasteiger charge is -2.16. The molecule has 7 nitrogen and oxygen atoms in total. The van der Waals surface area contributed by atoms with Gasteiger partial charge in [0, 0.05) is 42.3 Å². The van der Waals surface area contributed by atoms with Gasteiger partial charge in [0.05, 0.1) is 11.1 Å². The highest BCUT2D eigenvalue weighted by molar-refractivity contribution is 7.24. The Labute approximate surface area is 408 Å². The Bertz CT molecular complexity index is 2620. The van der Waals surface area contributed by atoms with Crippen molar-refractivity contribution in [1.82, 2.24) is 0 Å². The van der Waals surface area contributed by atoms with E-state index >= 15 is 0 Å². The Morgan fingerprint density at radius 2 is 0.721 bits per heavy atom. The van der Waals surface area contributed by atoms with Crippen LogP contribution in [0.25, 0.3) is 20.2 Å². The maximum absolute atomic E-state index is 12.2. The van der Waals surface area contributed by atoms with Gasteiger partial charge >= 0.3 is 11.9 Å². The molecule has 356 valence electrons. The van der Waals surface area contributed by atoms with Crippen molar-refractivity contribution in [3.63, 3.8) is 0 Å². The van der Waals surface area contributed by atoms with E-state index in [2.05, 4.69) is 9.78 Å². The van der Waals surface area contributed by atoms with Crippen molar-refractivity contribution in [2.45, 2.75) is 83.1 Å². The molecule has 8 heteroatoms. The van der Waals surface area contributed by atoms with E-state index in [1.54, 1.807) is 72.0 Å². The van der Waals surface area contributed by atoms with E-state index in [0.29, 0.717) is 11.1 Å². The van der Waals surface area contributed by atoms with Crippen molar-refractivity contribution in [1.29, 1.82) is 0 Å². The van der Waals surface area contributed by atoms with Gasteiger partial charge in [0.25, 0.3) is 0 Å². The standard InChI is InChI=1S/C14H10O4.C14H10OS.C13H10O.C11H14O.4C2H6/c15-13(11-7-3-1-4-8-11)17-18-14(16)12-9-5-2-6-10-12;1-9-6-7-13-11(8-9)14(15)10-4-2-3-5-12(10)16-13;14-13(11-7-3-1-4-8-11)12-9-5-2-6-10-12;1-11(2,3)10(12)9-7-5-4-6-8-9;4*1-2/h1-10H;2-8H,1H3;1-10H;4-8H,1-3H3;4*1-2H3. The first-order valence-electron chi connectivity index (χ1n) is 23.1. The predicted octanol–water partition coefficient (Wildman–Crippen LogP) is 16.3. The van der Waals surface area contributed by atoms with E-state index in [0.717, 1.165) is 42.4 Å². The van der Waals surface area contributed by atoms with Gasteiger partial charge in [-0.15, -0.1) is 11.3 Å². The Morgan fingerprint density at radius 1 is 0.397 bits per heavy atom. The van der Waals surface area contributed by atoms with E-state index in [-0.39, 0.29) is 22.4 Å². The summed E-state index contributed by atoms with van der Waals surface area (Å²) < 4.78 is 2.12. The summed E-state index contributed by atoms with van der Waals surface area (Å²) in [5.41, 5.74) is 3.90. The first-order valence-corrected chi connectivity index (χ1v) is 23.9. The number of rotatable bonds is 5. The summed E-state index contributed by atoms with van der Waals surface area (Å²) in [5.74, 6) is -1.14. The molecule has 0 amide bonds. The summed E-state index contributed by atoms with van der Waals surface area (Å²) in [6, 6.07) is 58.4. The van der Waals surface area contributed by atoms with Gasteiger partial charge in [-0.1, -0.05) is 227 Å². The third-order valence-electron chi connectivity index (χ3n) is 8.73.